The van der Waals surface area contributed by atoms with Gasteiger partial charge in [-0.1, -0.05) is 51.3 Å². The van der Waals surface area contributed by atoms with Crippen molar-refractivity contribution in [2.45, 2.75) is 77.9 Å². The lowest BCUT2D eigenvalue weighted by atomic mass is 9.90. The van der Waals surface area contributed by atoms with Crippen molar-refractivity contribution in [2.75, 3.05) is 39.6 Å². The molecule has 20 nitrogen and oxygen atoms in total. The number of hydrogen-bond donors (Lipinski definition) is 6. The average Bonchev–Trinajstić information content (AvgIpc) is 3.75. The minimum atomic E-state index is -1.79. The summed E-state index contributed by atoms with van der Waals surface area (Å²) in [4.78, 5) is 107. The fraction of sp³-hybridized carbons (Fsp3) is 0.442. The van der Waals surface area contributed by atoms with E-state index in [0.29, 0.717) is 44.6 Å². The lowest BCUT2D eigenvalue weighted by Crippen LogP contribution is -2.49. The van der Waals surface area contributed by atoms with Gasteiger partial charge in [-0.15, -0.1) is 0 Å². The summed E-state index contributed by atoms with van der Waals surface area (Å²) in [6.45, 7) is 7.94. The van der Waals surface area contributed by atoms with Crippen LogP contribution < -0.4 is 20.7 Å². The van der Waals surface area contributed by atoms with E-state index in [1.165, 1.54) is 30.3 Å². The van der Waals surface area contributed by atoms with E-state index in [-0.39, 0.29) is 47.0 Å². The largest absolute Gasteiger partial charge is 0.481 e. The van der Waals surface area contributed by atoms with Gasteiger partial charge in [0, 0.05) is 25.2 Å². The van der Waals surface area contributed by atoms with Crippen LogP contribution in [0.2, 0.25) is 0 Å². The number of morpholine rings is 1. The van der Waals surface area contributed by atoms with Crippen molar-refractivity contribution < 1.29 is 72.4 Å². The van der Waals surface area contributed by atoms with Gasteiger partial charge in [-0.3, -0.25) is 28.9 Å². The monoisotopic (exact) mass is 879 g/mol. The van der Waals surface area contributed by atoms with Crippen LogP contribution in [0.25, 0.3) is 11.3 Å². The summed E-state index contributed by atoms with van der Waals surface area (Å²) in [6.07, 6.45) is 2.37. The predicted octanol–water partition coefficient (Wildman–Crippen LogP) is 3.22. The SMILES string of the molecule is CCCCCC(C(=O)NCNC(=O)c1ccc(-c2ccc(C(=O)NC(CC(=O)O)C(=O)O)c(OCC(=O)O)c2)o1)[C@@H](CC)N(C=O)OC(=O)c1ccc(CN2CCOCC2)cc1C. The molecule has 0 saturated carbocycles. The standard InChI is InChI=1S/C43H53N5O15/c1-4-6-7-8-30(33(5-2)48(25-49)63-43(59)29-11-9-27(19-26(29)3)22-47-15-17-60-18-16-47)39(54)44-24-45-41(56)35-14-13-34(62-35)28-10-12-31(36(20-28)61-23-38(52)53)40(55)46-32(42(57)58)21-37(50)51/h9-14,19-20,25,30,32-33H,4-8,15-18,21-24H2,1-3H3,(H,44,54)(H,45,56)(H,46,55)(H,50,51)(H,52,53)(H,57,58)/t30?,32?,33-/m1/s1. The molecular formula is C43H53N5O15. The van der Waals surface area contributed by atoms with E-state index in [9.17, 15) is 43.5 Å². The Balaban J connectivity index is 1.42. The molecule has 20 heteroatoms. The number of benzene rings is 2. The first kappa shape index (κ1) is 48.9. The van der Waals surface area contributed by atoms with E-state index in [0.717, 1.165) is 36.6 Å². The second-order valence-corrected chi connectivity index (χ2v) is 14.7. The molecule has 1 aliphatic heterocycles. The molecule has 1 fully saturated rings. The first-order valence-electron chi connectivity index (χ1n) is 20.4. The van der Waals surface area contributed by atoms with Crippen LogP contribution in [0.5, 0.6) is 5.75 Å². The Labute approximate surface area is 362 Å². The Bertz CT molecular complexity index is 2110. The molecule has 4 amide bonds. The number of ether oxygens (including phenoxy) is 2. The molecule has 2 aromatic carbocycles. The summed E-state index contributed by atoms with van der Waals surface area (Å²) in [5.74, 6) is -8.75. The molecule has 0 spiro atoms. The fourth-order valence-corrected chi connectivity index (χ4v) is 6.91. The van der Waals surface area contributed by atoms with E-state index in [4.69, 9.17) is 28.9 Å². The maximum atomic E-state index is 13.7. The fourth-order valence-electron chi connectivity index (χ4n) is 6.91. The molecule has 3 atom stereocenters. The molecule has 0 aliphatic carbocycles. The molecule has 1 saturated heterocycles. The Hall–Kier alpha value is -6.80. The Morgan fingerprint density at radius 1 is 0.889 bits per heavy atom. The van der Waals surface area contributed by atoms with Gasteiger partial charge in [-0.25, -0.2) is 14.4 Å². The van der Waals surface area contributed by atoms with Crippen molar-refractivity contribution in [3.8, 4) is 17.1 Å². The highest BCUT2D eigenvalue weighted by Gasteiger charge is 2.34. The Morgan fingerprint density at radius 2 is 1.62 bits per heavy atom. The normalized spacial score (nSPS) is 14.0. The summed E-state index contributed by atoms with van der Waals surface area (Å²) in [5.41, 5.74) is 1.87. The third-order valence-electron chi connectivity index (χ3n) is 10.2. The molecule has 3 aromatic rings. The van der Waals surface area contributed by atoms with E-state index in [1.807, 2.05) is 19.1 Å². The second-order valence-electron chi connectivity index (χ2n) is 14.7. The van der Waals surface area contributed by atoms with Crippen LogP contribution in [0, 0.1) is 12.8 Å². The molecule has 1 aliphatic rings. The molecule has 63 heavy (non-hydrogen) atoms. The number of nitrogens with zero attached hydrogens (tertiary/aromatic N) is 2. The van der Waals surface area contributed by atoms with Crippen LogP contribution in [0.4, 0.5) is 0 Å². The average molecular weight is 880 g/mol. The Kier molecular flexibility index (Phi) is 18.6. The van der Waals surface area contributed by atoms with Gasteiger partial charge in [0.05, 0.1) is 49.4 Å². The van der Waals surface area contributed by atoms with Gasteiger partial charge in [0.2, 0.25) is 12.3 Å². The van der Waals surface area contributed by atoms with Gasteiger partial charge in [0.1, 0.15) is 17.6 Å². The quantitative estimate of drug-likeness (QED) is 0.0308. The lowest BCUT2D eigenvalue weighted by molar-refractivity contribution is -0.171. The van der Waals surface area contributed by atoms with Crippen LogP contribution >= 0.6 is 0 Å². The number of amides is 4. The maximum absolute atomic E-state index is 13.7. The first-order chi connectivity index (χ1) is 30.1. The molecule has 0 radical (unpaired) electrons. The number of hydrogen-bond acceptors (Lipinski definition) is 13. The maximum Gasteiger partial charge on any atom is 0.363 e. The van der Waals surface area contributed by atoms with Crippen LogP contribution in [0.1, 0.15) is 94.8 Å². The van der Waals surface area contributed by atoms with Crippen molar-refractivity contribution in [2.24, 2.45) is 5.92 Å². The van der Waals surface area contributed by atoms with Gasteiger partial charge < -0.3 is 50.0 Å². The van der Waals surface area contributed by atoms with E-state index < -0.39 is 72.6 Å². The minimum absolute atomic E-state index is 0.0787. The molecule has 4 rings (SSSR count). The third kappa shape index (κ3) is 14.4. The number of rotatable bonds is 25. The van der Waals surface area contributed by atoms with Crippen molar-refractivity contribution >= 4 is 48.0 Å². The number of unbranched alkanes of at least 4 members (excludes halogenated alkanes) is 2. The van der Waals surface area contributed by atoms with Crippen LogP contribution in [-0.4, -0.2) is 125 Å². The number of furan rings is 1. The van der Waals surface area contributed by atoms with Crippen molar-refractivity contribution in [3.05, 3.63) is 76.5 Å². The number of carboxylic acids is 3. The molecule has 340 valence electrons. The smallest absolute Gasteiger partial charge is 0.363 e. The molecule has 0 bridgehead atoms. The summed E-state index contributed by atoms with van der Waals surface area (Å²) in [6, 6.07) is 9.25. The van der Waals surface area contributed by atoms with Gasteiger partial charge in [-0.2, -0.15) is 5.06 Å². The highest BCUT2D eigenvalue weighted by Crippen LogP contribution is 2.30. The van der Waals surface area contributed by atoms with Crippen LogP contribution in [0.3, 0.4) is 0 Å². The van der Waals surface area contributed by atoms with Crippen molar-refractivity contribution in [1.29, 1.82) is 0 Å². The van der Waals surface area contributed by atoms with Gasteiger partial charge in [0.15, 0.2) is 12.4 Å². The number of hydroxylamine groups is 2. The molecule has 1 aromatic heterocycles. The van der Waals surface area contributed by atoms with E-state index >= 15 is 0 Å². The van der Waals surface area contributed by atoms with E-state index in [2.05, 4.69) is 20.9 Å². The molecular weight excluding hydrogens is 826 g/mol. The predicted molar refractivity (Wildman–Crippen MR) is 221 cm³/mol. The zero-order chi connectivity index (χ0) is 46.1. The molecule has 2 unspecified atom stereocenters. The van der Waals surface area contributed by atoms with Crippen molar-refractivity contribution in [3.63, 3.8) is 0 Å². The number of carbonyl (C=O) groups is 8. The zero-order valence-corrected chi connectivity index (χ0v) is 35.3. The third-order valence-corrected chi connectivity index (χ3v) is 10.2. The van der Waals surface area contributed by atoms with Crippen LogP contribution in [-0.2, 0) is 40.1 Å². The number of aryl methyl sites for hydroxylation is 1. The number of nitrogens with one attached hydrogen (secondary N) is 3. The number of carboxylic acid groups (broad SMARTS) is 3. The minimum Gasteiger partial charge on any atom is -0.481 e. The topological polar surface area (TPSA) is 281 Å². The van der Waals surface area contributed by atoms with Crippen molar-refractivity contribution in [1.82, 2.24) is 25.9 Å². The van der Waals surface area contributed by atoms with Gasteiger partial charge in [0.25, 0.3) is 11.8 Å². The summed E-state index contributed by atoms with van der Waals surface area (Å²) >= 11 is 0. The number of aliphatic carboxylic acids is 3. The van der Waals surface area contributed by atoms with Gasteiger partial charge >= 0.3 is 23.9 Å². The highest BCUT2D eigenvalue weighted by atomic mass is 16.7. The summed E-state index contributed by atoms with van der Waals surface area (Å²) < 4.78 is 16.4. The van der Waals surface area contributed by atoms with E-state index in [1.54, 1.807) is 19.9 Å². The lowest BCUT2D eigenvalue weighted by Gasteiger charge is -2.32. The van der Waals surface area contributed by atoms with Gasteiger partial charge in [-0.05, 0) is 61.2 Å². The summed E-state index contributed by atoms with van der Waals surface area (Å²) in [5, 5.41) is 35.7. The zero-order valence-electron chi connectivity index (χ0n) is 35.3. The second kappa shape index (κ2) is 24.0. The summed E-state index contributed by atoms with van der Waals surface area (Å²) in [7, 11) is 0. The highest BCUT2D eigenvalue weighted by molar-refractivity contribution is 6.00. The number of carbonyl (C=O) groups excluding carboxylic acids is 5. The van der Waals surface area contributed by atoms with Crippen LogP contribution in [0.15, 0.2) is 52.9 Å². The molecule has 2 heterocycles. The Morgan fingerprint density at radius 3 is 2.25 bits per heavy atom. The first-order valence-corrected chi connectivity index (χ1v) is 20.4. The molecule has 6 N–H and O–H groups in total.